The van der Waals surface area contributed by atoms with E-state index in [9.17, 15) is 13.2 Å². The van der Waals surface area contributed by atoms with Gasteiger partial charge in [-0.15, -0.1) is 0 Å². The van der Waals surface area contributed by atoms with Crippen LogP contribution in [0.4, 0.5) is 0 Å². The third-order valence-electron chi connectivity index (χ3n) is 3.64. The maximum atomic E-state index is 12.4. The first-order chi connectivity index (χ1) is 9.41. The standard InChI is InChI=1S/C14H19NO4S/c1-15(9-3-6-14(16)17)20(18,19)13-8-7-11-4-2-5-12(11)10-13/h7-8,10H,2-6,9H2,1H3,(H,16,17). The SMILES string of the molecule is CN(CCCC(=O)O)S(=O)(=O)c1ccc2c(c1)CCC2. The summed E-state index contributed by atoms with van der Waals surface area (Å²) in [4.78, 5) is 10.8. The molecule has 0 saturated heterocycles. The number of nitrogens with zero attached hydrogens (tertiary/aromatic N) is 1. The first-order valence-corrected chi connectivity index (χ1v) is 8.15. The molecule has 2 rings (SSSR count). The number of carboxylic acids is 1. The smallest absolute Gasteiger partial charge is 0.303 e. The fourth-order valence-electron chi connectivity index (χ4n) is 2.46. The van der Waals surface area contributed by atoms with Crippen molar-refractivity contribution in [1.29, 1.82) is 0 Å². The minimum Gasteiger partial charge on any atom is -0.481 e. The number of aliphatic carboxylic acids is 1. The van der Waals surface area contributed by atoms with E-state index in [1.165, 1.54) is 16.9 Å². The fourth-order valence-corrected chi connectivity index (χ4v) is 3.72. The van der Waals surface area contributed by atoms with Gasteiger partial charge in [0.2, 0.25) is 10.0 Å². The predicted molar refractivity (Wildman–Crippen MR) is 75.2 cm³/mol. The summed E-state index contributed by atoms with van der Waals surface area (Å²) in [6.07, 6.45) is 3.32. The highest BCUT2D eigenvalue weighted by atomic mass is 32.2. The predicted octanol–water partition coefficient (Wildman–Crippen LogP) is 1.66. The van der Waals surface area contributed by atoms with E-state index in [-0.39, 0.29) is 13.0 Å². The van der Waals surface area contributed by atoms with Crippen molar-refractivity contribution in [2.45, 2.75) is 37.0 Å². The van der Waals surface area contributed by atoms with Crippen molar-refractivity contribution < 1.29 is 18.3 Å². The van der Waals surface area contributed by atoms with Gasteiger partial charge < -0.3 is 5.11 Å². The van der Waals surface area contributed by atoms with Crippen LogP contribution in [0.3, 0.4) is 0 Å². The average Bonchev–Trinajstić information content (AvgIpc) is 2.85. The van der Waals surface area contributed by atoms with Crippen LogP contribution in [0.25, 0.3) is 0 Å². The molecule has 6 heteroatoms. The van der Waals surface area contributed by atoms with Gasteiger partial charge >= 0.3 is 5.97 Å². The fraction of sp³-hybridized carbons (Fsp3) is 0.500. The molecule has 1 aromatic rings. The van der Waals surface area contributed by atoms with Crippen LogP contribution in [0.5, 0.6) is 0 Å². The Kier molecular flexibility index (Phi) is 4.45. The Hall–Kier alpha value is -1.40. The molecule has 0 saturated carbocycles. The quantitative estimate of drug-likeness (QED) is 0.866. The molecule has 0 spiro atoms. The van der Waals surface area contributed by atoms with Crippen LogP contribution in [0.1, 0.15) is 30.4 Å². The lowest BCUT2D eigenvalue weighted by Gasteiger charge is -2.17. The molecule has 1 aliphatic rings. The third-order valence-corrected chi connectivity index (χ3v) is 5.49. The van der Waals surface area contributed by atoms with E-state index in [2.05, 4.69) is 0 Å². The van der Waals surface area contributed by atoms with Crippen molar-refractivity contribution in [1.82, 2.24) is 4.31 Å². The zero-order chi connectivity index (χ0) is 14.8. The molecule has 0 amide bonds. The summed E-state index contributed by atoms with van der Waals surface area (Å²) in [5, 5.41) is 8.58. The number of carboxylic acid groups (broad SMARTS) is 1. The van der Waals surface area contributed by atoms with E-state index in [1.807, 2.05) is 6.07 Å². The van der Waals surface area contributed by atoms with Gasteiger partial charge in [0.25, 0.3) is 0 Å². The average molecular weight is 297 g/mol. The van der Waals surface area contributed by atoms with Crippen molar-refractivity contribution in [3.05, 3.63) is 29.3 Å². The Bertz CT molecular complexity index is 610. The van der Waals surface area contributed by atoms with Crippen molar-refractivity contribution >= 4 is 16.0 Å². The molecule has 0 aromatic heterocycles. The van der Waals surface area contributed by atoms with Gasteiger partial charge in [0, 0.05) is 20.0 Å². The summed E-state index contributed by atoms with van der Waals surface area (Å²) in [6, 6.07) is 5.29. The Morgan fingerprint density at radius 3 is 2.70 bits per heavy atom. The summed E-state index contributed by atoms with van der Waals surface area (Å²) in [5.41, 5.74) is 2.35. The molecule has 1 aromatic carbocycles. The second kappa shape index (κ2) is 5.93. The Balaban J connectivity index is 2.11. The van der Waals surface area contributed by atoms with E-state index >= 15 is 0 Å². The van der Waals surface area contributed by atoms with Gasteiger partial charge in [-0.25, -0.2) is 12.7 Å². The van der Waals surface area contributed by atoms with Gasteiger partial charge in [0.15, 0.2) is 0 Å². The van der Waals surface area contributed by atoms with Gasteiger partial charge in [-0.1, -0.05) is 6.07 Å². The molecule has 0 aliphatic heterocycles. The second-order valence-electron chi connectivity index (χ2n) is 5.11. The minimum atomic E-state index is -3.52. The maximum Gasteiger partial charge on any atom is 0.303 e. The van der Waals surface area contributed by atoms with Crippen LogP contribution in [0.2, 0.25) is 0 Å². The molecule has 0 fully saturated rings. The van der Waals surface area contributed by atoms with E-state index in [1.54, 1.807) is 12.1 Å². The van der Waals surface area contributed by atoms with Gasteiger partial charge in [-0.2, -0.15) is 0 Å². The zero-order valence-electron chi connectivity index (χ0n) is 11.5. The van der Waals surface area contributed by atoms with Crippen LogP contribution in [0.15, 0.2) is 23.1 Å². The topological polar surface area (TPSA) is 74.7 Å². The van der Waals surface area contributed by atoms with Crippen LogP contribution < -0.4 is 0 Å². The molecule has 20 heavy (non-hydrogen) atoms. The molecule has 5 nitrogen and oxygen atoms in total. The van der Waals surface area contributed by atoms with Crippen LogP contribution >= 0.6 is 0 Å². The highest BCUT2D eigenvalue weighted by Gasteiger charge is 2.22. The number of fused-ring (bicyclic) bond motifs is 1. The molecule has 0 radical (unpaired) electrons. The molecule has 1 N–H and O–H groups in total. The van der Waals surface area contributed by atoms with Crippen molar-refractivity contribution in [3.8, 4) is 0 Å². The molecular weight excluding hydrogens is 278 g/mol. The number of benzene rings is 1. The highest BCUT2D eigenvalue weighted by molar-refractivity contribution is 7.89. The van der Waals surface area contributed by atoms with Gasteiger partial charge in [0.1, 0.15) is 0 Å². The van der Waals surface area contributed by atoms with Crippen LogP contribution in [-0.4, -0.2) is 37.4 Å². The lowest BCUT2D eigenvalue weighted by Crippen LogP contribution is -2.28. The number of carbonyl (C=O) groups is 1. The molecule has 0 unspecified atom stereocenters. The lowest BCUT2D eigenvalue weighted by molar-refractivity contribution is -0.137. The third kappa shape index (κ3) is 3.19. The molecule has 1 aliphatic carbocycles. The first kappa shape index (κ1) is 15.0. The summed E-state index contributed by atoms with van der Waals surface area (Å²) < 4.78 is 26.0. The van der Waals surface area contributed by atoms with E-state index in [0.29, 0.717) is 11.3 Å². The summed E-state index contributed by atoms with van der Waals surface area (Å²) in [5.74, 6) is -0.909. The molecular formula is C14H19NO4S. The number of sulfonamides is 1. The maximum absolute atomic E-state index is 12.4. The van der Waals surface area contributed by atoms with Gasteiger partial charge in [-0.3, -0.25) is 4.79 Å². The Morgan fingerprint density at radius 1 is 1.30 bits per heavy atom. The van der Waals surface area contributed by atoms with Crippen molar-refractivity contribution in [2.24, 2.45) is 0 Å². The number of aryl methyl sites for hydroxylation is 2. The molecule has 0 bridgehead atoms. The van der Waals surface area contributed by atoms with E-state index in [4.69, 9.17) is 5.11 Å². The summed E-state index contributed by atoms with van der Waals surface area (Å²) >= 11 is 0. The van der Waals surface area contributed by atoms with Crippen molar-refractivity contribution in [3.63, 3.8) is 0 Å². The second-order valence-corrected chi connectivity index (χ2v) is 7.15. The molecule has 0 atom stereocenters. The summed E-state index contributed by atoms with van der Waals surface area (Å²) in [7, 11) is -2.03. The Morgan fingerprint density at radius 2 is 2.00 bits per heavy atom. The molecule has 0 heterocycles. The van der Waals surface area contributed by atoms with E-state index < -0.39 is 16.0 Å². The van der Waals surface area contributed by atoms with Gasteiger partial charge in [-0.05, 0) is 48.9 Å². The summed E-state index contributed by atoms with van der Waals surface area (Å²) in [6.45, 7) is 0.214. The van der Waals surface area contributed by atoms with Gasteiger partial charge in [0.05, 0.1) is 4.90 Å². The number of rotatable bonds is 6. The Labute approximate surface area is 119 Å². The van der Waals surface area contributed by atoms with Crippen LogP contribution in [-0.2, 0) is 27.7 Å². The number of hydrogen-bond acceptors (Lipinski definition) is 3. The normalized spacial score (nSPS) is 14.5. The monoisotopic (exact) mass is 297 g/mol. The first-order valence-electron chi connectivity index (χ1n) is 6.71. The minimum absolute atomic E-state index is 0.0238. The van der Waals surface area contributed by atoms with E-state index in [0.717, 1.165) is 24.8 Å². The highest BCUT2D eigenvalue weighted by Crippen LogP contribution is 2.26. The van der Waals surface area contributed by atoms with Crippen LogP contribution in [0, 0.1) is 0 Å². The number of hydrogen-bond donors (Lipinski definition) is 1. The largest absolute Gasteiger partial charge is 0.481 e. The molecule has 110 valence electrons. The zero-order valence-corrected chi connectivity index (χ0v) is 12.3. The lowest BCUT2D eigenvalue weighted by atomic mass is 10.1. The van der Waals surface area contributed by atoms with Crippen molar-refractivity contribution in [2.75, 3.05) is 13.6 Å².